The molecule has 0 fully saturated rings. The minimum atomic E-state index is -0.309. The first kappa shape index (κ1) is 18.3. The van der Waals surface area contributed by atoms with Crippen LogP contribution < -0.4 is 20.7 Å². The SMILES string of the molecule is CC(=O)Nc1ccc(NC(=O)NCCOc2ccc(C)cc2C)cc1. The van der Waals surface area contributed by atoms with Gasteiger partial charge in [0.25, 0.3) is 0 Å². The van der Waals surface area contributed by atoms with Crippen molar-refractivity contribution < 1.29 is 14.3 Å². The Morgan fingerprint density at radius 3 is 2.20 bits per heavy atom. The minimum absolute atomic E-state index is 0.137. The molecule has 0 radical (unpaired) electrons. The largest absolute Gasteiger partial charge is 0.491 e. The van der Waals surface area contributed by atoms with Gasteiger partial charge in [-0.1, -0.05) is 17.7 Å². The third-order valence-electron chi connectivity index (χ3n) is 3.44. The number of urea groups is 1. The van der Waals surface area contributed by atoms with Crippen molar-refractivity contribution in [2.75, 3.05) is 23.8 Å². The molecule has 3 amide bonds. The van der Waals surface area contributed by atoms with Gasteiger partial charge < -0.3 is 20.7 Å². The first-order valence-corrected chi connectivity index (χ1v) is 8.06. The van der Waals surface area contributed by atoms with Crippen molar-refractivity contribution in [3.8, 4) is 5.75 Å². The molecule has 0 unspecified atom stereocenters. The zero-order valence-corrected chi connectivity index (χ0v) is 14.7. The van der Waals surface area contributed by atoms with Gasteiger partial charge in [0.15, 0.2) is 0 Å². The zero-order valence-electron chi connectivity index (χ0n) is 14.7. The van der Waals surface area contributed by atoms with Crippen LogP contribution in [-0.4, -0.2) is 25.1 Å². The molecule has 0 saturated heterocycles. The van der Waals surface area contributed by atoms with Crippen LogP contribution in [0.3, 0.4) is 0 Å². The fraction of sp³-hybridized carbons (Fsp3) is 0.263. The summed E-state index contributed by atoms with van der Waals surface area (Å²) in [4.78, 5) is 22.8. The van der Waals surface area contributed by atoms with E-state index in [1.165, 1.54) is 12.5 Å². The van der Waals surface area contributed by atoms with E-state index >= 15 is 0 Å². The molecular weight excluding hydrogens is 318 g/mol. The standard InChI is InChI=1S/C19H23N3O3/c1-13-4-9-18(14(2)12-13)25-11-10-20-19(24)22-17-7-5-16(6-8-17)21-15(3)23/h4-9,12H,10-11H2,1-3H3,(H,21,23)(H2,20,22,24). The van der Waals surface area contributed by atoms with Crippen molar-refractivity contribution in [1.82, 2.24) is 5.32 Å². The van der Waals surface area contributed by atoms with Gasteiger partial charge in [-0.05, 0) is 49.7 Å². The van der Waals surface area contributed by atoms with Gasteiger partial charge in [0.05, 0.1) is 6.54 Å². The third kappa shape index (κ3) is 6.18. The fourth-order valence-corrected chi connectivity index (χ4v) is 2.30. The predicted octanol–water partition coefficient (Wildman–Crippen LogP) is 3.46. The lowest BCUT2D eigenvalue weighted by molar-refractivity contribution is -0.114. The summed E-state index contributed by atoms with van der Waals surface area (Å²) < 4.78 is 5.66. The average molecular weight is 341 g/mol. The van der Waals surface area contributed by atoms with E-state index in [0.29, 0.717) is 24.5 Å². The van der Waals surface area contributed by atoms with Crippen molar-refractivity contribution in [1.29, 1.82) is 0 Å². The van der Waals surface area contributed by atoms with E-state index in [2.05, 4.69) is 22.0 Å². The van der Waals surface area contributed by atoms with Gasteiger partial charge in [-0.3, -0.25) is 4.79 Å². The normalized spacial score (nSPS) is 10.0. The molecule has 0 aromatic heterocycles. The second-order valence-corrected chi connectivity index (χ2v) is 5.76. The zero-order chi connectivity index (χ0) is 18.2. The maximum absolute atomic E-state index is 11.9. The van der Waals surface area contributed by atoms with Crippen molar-refractivity contribution >= 4 is 23.3 Å². The summed E-state index contributed by atoms with van der Waals surface area (Å²) in [5.74, 6) is 0.684. The minimum Gasteiger partial charge on any atom is -0.491 e. The van der Waals surface area contributed by atoms with Gasteiger partial charge >= 0.3 is 6.03 Å². The number of benzene rings is 2. The lowest BCUT2D eigenvalue weighted by Crippen LogP contribution is -2.32. The highest BCUT2D eigenvalue weighted by molar-refractivity contribution is 5.91. The van der Waals surface area contributed by atoms with Crippen LogP contribution in [0, 0.1) is 13.8 Å². The highest BCUT2D eigenvalue weighted by atomic mass is 16.5. The lowest BCUT2D eigenvalue weighted by Gasteiger charge is -2.11. The maximum atomic E-state index is 11.9. The highest BCUT2D eigenvalue weighted by Crippen LogP contribution is 2.18. The Morgan fingerprint density at radius 1 is 0.960 bits per heavy atom. The number of amides is 3. The van der Waals surface area contributed by atoms with Crippen molar-refractivity contribution in [3.63, 3.8) is 0 Å². The predicted molar refractivity (Wildman–Crippen MR) is 99.2 cm³/mol. The number of hydrogen-bond acceptors (Lipinski definition) is 3. The molecule has 0 bridgehead atoms. The summed E-state index contributed by atoms with van der Waals surface area (Å²) in [5, 5.41) is 8.12. The second kappa shape index (κ2) is 8.73. The molecule has 3 N–H and O–H groups in total. The summed E-state index contributed by atoms with van der Waals surface area (Å²) >= 11 is 0. The Bertz CT molecular complexity index is 742. The van der Waals surface area contributed by atoms with E-state index in [0.717, 1.165) is 11.3 Å². The van der Waals surface area contributed by atoms with Gasteiger partial charge in [0.2, 0.25) is 5.91 Å². The van der Waals surface area contributed by atoms with Crippen molar-refractivity contribution in [2.24, 2.45) is 0 Å². The molecule has 0 aliphatic carbocycles. The smallest absolute Gasteiger partial charge is 0.319 e. The molecule has 0 atom stereocenters. The summed E-state index contributed by atoms with van der Waals surface area (Å²) in [7, 11) is 0. The molecule has 2 aromatic rings. The third-order valence-corrected chi connectivity index (χ3v) is 3.44. The molecule has 0 aliphatic heterocycles. The van der Waals surface area contributed by atoms with Crippen LogP contribution in [0.15, 0.2) is 42.5 Å². The Morgan fingerprint density at radius 2 is 1.60 bits per heavy atom. The van der Waals surface area contributed by atoms with Crippen LogP contribution in [0.2, 0.25) is 0 Å². The van der Waals surface area contributed by atoms with E-state index in [1.54, 1.807) is 24.3 Å². The number of rotatable bonds is 6. The quantitative estimate of drug-likeness (QED) is 0.704. The topological polar surface area (TPSA) is 79.5 Å². The van der Waals surface area contributed by atoms with Crippen molar-refractivity contribution in [3.05, 3.63) is 53.6 Å². The van der Waals surface area contributed by atoms with Gasteiger partial charge in [-0.25, -0.2) is 4.79 Å². The number of hydrogen-bond donors (Lipinski definition) is 3. The molecule has 25 heavy (non-hydrogen) atoms. The lowest BCUT2D eigenvalue weighted by atomic mass is 10.1. The number of carbonyl (C=O) groups excluding carboxylic acids is 2. The fourth-order valence-electron chi connectivity index (χ4n) is 2.30. The summed E-state index contributed by atoms with van der Waals surface area (Å²) in [5.41, 5.74) is 3.58. The maximum Gasteiger partial charge on any atom is 0.319 e. The molecule has 6 nitrogen and oxygen atoms in total. The Labute approximate surface area is 147 Å². The van der Waals surface area contributed by atoms with E-state index in [4.69, 9.17) is 4.74 Å². The Balaban J connectivity index is 1.72. The molecule has 2 rings (SSSR count). The second-order valence-electron chi connectivity index (χ2n) is 5.76. The number of carbonyl (C=O) groups is 2. The molecule has 132 valence electrons. The summed E-state index contributed by atoms with van der Waals surface area (Å²) in [6.07, 6.45) is 0. The van der Waals surface area contributed by atoms with Crippen molar-refractivity contribution in [2.45, 2.75) is 20.8 Å². The molecule has 0 spiro atoms. The van der Waals surface area contributed by atoms with Crippen LogP contribution in [0.25, 0.3) is 0 Å². The van der Waals surface area contributed by atoms with Crippen LogP contribution in [0.5, 0.6) is 5.75 Å². The van der Waals surface area contributed by atoms with E-state index in [1.807, 2.05) is 26.0 Å². The number of anilines is 2. The van der Waals surface area contributed by atoms with Gasteiger partial charge in [-0.2, -0.15) is 0 Å². The van der Waals surface area contributed by atoms with Crippen LogP contribution in [-0.2, 0) is 4.79 Å². The molecular formula is C19H23N3O3. The number of aryl methyl sites for hydroxylation is 2. The first-order valence-electron chi connectivity index (χ1n) is 8.06. The first-order chi connectivity index (χ1) is 11.9. The monoisotopic (exact) mass is 341 g/mol. The van der Waals surface area contributed by atoms with Crippen LogP contribution >= 0.6 is 0 Å². The molecule has 0 aliphatic rings. The summed E-state index contributed by atoms with van der Waals surface area (Å²) in [6, 6.07) is 12.6. The molecule has 0 heterocycles. The van der Waals surface area contributed by atoms with Gasteiger partial charge in [0.1, 0.15) is 12.4 Å². The number of nitrogens with one attached hydrogen (secondary N) is 3. The summed E-state index contributed by atoms with van der Waals surface area (Å²) in [6.45, 7) is 6.25. The van der Waals surface area contributed by atoms with Crippen LogP contribution in [0.4, 0.5) is 16.2 Å². The molecule has 0 saturated carbocycles. The van der Waals surface area contributed by atoms with Crippen LogP contribution in [0.1, 0.15) is 18.1 Å². The van der Waals surface area contributed by atoms with Gasteiger partial charge in [-0.15, -0.1) is 0 Å². The molecule has 6 heteroatoms. The van der Waals surface area contributed by atoms with E-state index in [9.17, 15) is 9.59 Å². The Kier molecular flexibility index (Phi) is 6.39. The highest BCUT2D eigenvalue weighted by Gasteiger charge is 2.03. The molecule has 2 aromatic carbocycles. The van der Waals surface area contributed by atoms with E-state index < -0.39 is 0 Å². The number of ether oxygens (including phenoxy) is 1. The Hall–Kier alpha value is -3.02. The average Bonchev–Trinajstić information content (AvgIpc) is 2.54. The van der Waals surface area contributed by atoms with E-state index in [-0.39, 0.29) is 11.9 Å². The van der Waals surface area contributed by atoms with Gasteiger partial charge in [0, 0.05) is 18.3 Å².